The van der Waals surface area contributed by atoms with Crippen LogP contribution in [0.3, 0.4) is 0 Å². The number of amidine groups is 2. The maximum absolute atomic E-state index is 13.4. The molecule has 14 heteroatoms. The molecule has 0 radical (unpaired) electrons. The van der Waals surface area contributed by atoms with Gasteiger partial charge in [-0.2, -0.15) is 4.98 Å². The number of nitrogens with one attached hydrogen (secondary N) is 1. The molecule has 0 amide bonds. The monoisotopic (exact) mass is 713 g/mol. The molecule has 268 valence electrons. The van der Waals surface area contributed by atoms with Gasteiger partial charge in [0.25, 0.3) is 10.0 Å². The van der Waals surface area contributed by atoms with Crippen LogP contribution in [-0.2, 0) is 10.0 Å². The summed E-state index contributed by atoms with van der Waals surface area (Å²) in [7, 11) is -4.04. The van der Waals surface area contributed by atoms with E-state index in [9.17, 15) is 8.42 Å². The highest BCUT2D eigenvalue weighted by atomic mass is 32.2. The van der Waals surface area contributed by atoms with Gasteiger partial charge in [0.15, 0.2) is 11.7 Å². The lowest BCUT2D eigenvalue weighted by atomic mass is 10.1. The van der Waals surface area contributed by atoms with Crippen molar-refractivity contribution in [3.63, 3.8) is 0 Å². The highest BCUT2D eigenvalue weighted by Gasteiger charge is 2.20. The number of fused-ring (bicyclic) bond motifs is 1. The van der Waals surface area contributed by atoms with E-state index < -0.39 is 10.0 Å². The van der Waals surface area contributed by atoms with Gasteiger partial charge in [-0.05, 0) is 112 Å². The van der Waals surface area contributed by atoms with E-state index in [0.717, 1.165) is 17.3 Å². The molecule has 13 nitrogen and oxygen atoms in total. The first kappa shape index (κ1) is 38.0. The Hall–Kier alpha value is -5.86. The first-order valence-electron chi connectivity index (χ1n) is 16.1. The minimum atomic E-state index is -4.04. The van der Waals surface area contributed by atoms with Crippen LogP contribution in [0.2, 0.25) is 0 Å². The molecule has 0 aliphatic carbocycles. The summed E-state index contributed by atoms with van der Waals surface area (Å²) in [5.74, 6) is 0.539. The standard InChI is InChI=1S/C29H24N6O6S.C8H19N/c30-27(33-36)19-5-10-22(11-6-19)40-26-16-15-25(29(32-26)41-23-12-7-20(8-13-23)28(31)34-37)35-42(38,39)24-14-9-18-3-1-2-4-21(18)17-24;1-6-9(7(2)3)8(4)5/h1-17,35-37H,(H2,30,33)(H2,31,34);7-8H,6H2,1-5H3. The molecule has 0 unspecified atom stereocenters. The highest BCUT2D eigenvalue weighted by molar-refractivity contribution is 7.92. The number of rotatable bonds is 12. The van der Waals surface area contributed by atoms with Crippen molar-refractivity contribution in [3.8, 4) is 23.3 Å². The molecular formula is C37H43N7O6S. The molecule has 4 aromatic carbocycles. The Morgan fingerprint density at radius 3 is 1.78 bits per heavy atom. The number of benzene rings is 4. The average molecular weight is 714 g/mol. The molecule has 0 bridgehead atoms. The van der Waals surface area contributed by atoms with Crippen LogP contribution in [0.5, 0.6) is 23.3 Å². The van der Waals surface area contributed by atoms with Crippen LogP contribution < -0.4 is 25.7 Å². The summed E-state index contributed by atoms with van der Waals surface area (Å²) in [6.45, 7) is 12.3. The molecule has 1 heterocycles. The SMILES string of the molecule is CCN(C(C)C)C(C)C.NC(=NO)c1ccc(Oc2ccc(NS(=O)(=O)c3ccc4ccccc4c3)c(Oc3ccc(C(N)=NO)cc3)n2)cc1. The van der Waals surface area contributed by atoms with Gasteiger partial charge in [0.1, 0.15) is 17.2 Å². The third-order valence-corrected chi connectivity index (χ3v) is 9.12. The topological polar surface area (TPSA) is 198 Å². The number of hydrogen-bond acceptors (Lipinski definition) is 10. The fourth-order valence-corrected chi connectivity index (χ4v) is 6.33. The van der Waals surface area contributed by atoms with E-state index in [2.05, 4.69) is 59.5 Å². The molecule has 0 atom stereocenters. The van der Waals surface area contributed by atoms with Gasteiger partial charge in [-0.25, -0.2) is 8.42 Å². The van der Waals surface area contributed by atoms with Gasteiger partial charge in [-0.3, -0.25) is 9.62 Å². The molecule has 51 heavy (non-hydrogen) atoms. The summed E-state index contributed by atoms with van der Waals surface area (Å²) in [4.78, 5) is 6.91. The van der Waals surface area contributed by atoms with E-state index in [1.165, 1.54) is 18.2 Å². The highest BCUT2D eigenvalue weighted by Crippen LogP contribution is 2.33. The van der Waals surface area contributed by atoms with Gasteiger partial charge in [0, 0.05) is 29.3 Å². The second-order valence-electron chi connectivity index (χ2n) is 11.9. The number of hydrogen-bond donors (Lipinski definition) is 5. The Balaban J connectivity index is 0.000000573. The Morgan fingerprint density at radius 2 is 1.29 bits per heavy atom. The Morgan fingerprint density at radius 1 is 0.765 bits per heavy atom. The van der Waals surface area contributed by atoms with Crippen LogP contribution in [0.15, 0.2) is 118 Å². The van der Waals surface area contributed by atoms with Crippen molar-refractivity contribution >= 4 is 38.2 Å². The van der Waals surface area contributed by atoms with Gasteiger partial charge in [0.2, 0.25) is 11.8 Å². The summed E-state index contributed by atoms with van der Waals surface area (Å²) in [6, 6.07) is 29.2. The predicted molar refractivity (Wildman–Crippen MR) is 200 cm³/mol. The summed E-state index contributed by atoms with van der Waals surface area (Å²) in [5.41, 5.74) is 12.2. The van der Waals surface area contributed by atoms with Gasteiger partial charge >= 0.3 is 0 Å². The number of anilines is 1. The molecule has 0 spiro atoms. The molecule has 0 fully saturated rings. The van der Waals surface area contributed by atoms with Crippen LogP contribution in [0, 0.1) is 0 Å². The summed E-state index contributed by atoms with van der Waals surface area (Å²) in [6.07, 6.45) is 0. The second-order valence-corrected chi connectivity index (χ2v) is 13.5. The largest absolute Gasteiger partial charge is 0.439 e. The zero-order chi connectivity index (χ0) is 37.1. The number of aromatic nitrogens is 1. The van der Waals surface area contributed by atoms with Crippen LogP contribution in [0.1, 0.15) is 45.7 Å². The molecule has 5 aromatic rings. The molecule has 0 saturated heterocycles. The molecule has 5 rings (SSSR count). The van der Waals surface area contributed by atoms with Crippen molar-refractivity contribution in [1.29, 1.82) is 0 Å². The predicted octanol–water partition coefficient (Wildman–Crippen LogP) is 6.93. The van der Waals surface area contributed by atoms with Gasteiger partial charge < -0.3 is 31.4 Å². The first-order valence-corrected chi connectivity index (χ1v) is 17.6. The quantitative estimate of drug-likeness (QED) is 0.0391. The fourth-order valence-electron chi connectivity index (χ4n) is 5.24. The van der Waals surface area contributed by atoms with Gasteiger partial charge in [0.05, 0.1) is 4.90 Å². The van der Waals surface area contributed by atoms with Crippen LogP contribution in [-0.4, -0.2) is 59.0 Å². The van der Waals surface area contributed by atoms with Crippen LogP contribution in [0.25, 0.3) is 10.8 Å². The van der Waals surface area contributed by atoms with Crippen molar-refractivity contribution in [1.82, 2.24) is 9.88 Å². The van der Waals surface area contributed by atoms with Crippen LogP contribution in [0.4, 0.5) is 5.69 Å². The third-order valence-electron chi connectivity index (χ3n) is 7.75. The zero-order valence-electron chi connectivity index (χ0n) is 29.1. The lowest BCUT2D eigenvalue weighted by Gasteiger charge is -2.28. The van der Waals surface area contributed by atoms with E-state index in [0.29, 0.717) is 34.7 Å². The van der Waals surface area contributed by atoms with Crippen LogP contribution >= 0.6 is 0 Å². The Labute approximate surface area is 297 Å². The smallest absolute Gasteiger partial charge is 0.262 e. The Kier molecular flexibility index (Phi) is 12.8. The zero-order valence-corrected chi connectivity index (χ0v) is 29.9. The lowest BCUT2D eigenvalue weighted by molar-refractivity contribution is 0.185. The number of sulfonamides is 1. The maximum atomic E-state index is 13.4. The summed E-state index contributed by atoms with van der Waals surface area (Å²) in [5, 5.41) is 25.4. The second kappa shape index (κ2) is 17.2. The van der Waals surface area contributed by atoms with Crippen molar-refractivity contribution in [3.05, 3.63) is 114 Å². The van der Waals surface area contributed by atoms with E-state index in [1.54, 1.807) is 60.7 Å². The number of nitrogens with zero attached hydrogens (tertiary/aromatic N) is 4. The summed E-state index contributed by atoms with van der Waals surface area (Å²) < 4.78 is 41.1. The van der Waals surface area contributed by atoms with Gasteiger partial charge in [-0.1, -0.05) is 47.6 Å². The number of oxime groups is 2. The fraction of sp³-hybridized carbons (Fsp3) is 0.216. The van der Waals surface area contributed by atoms with Crippen molar-refractivity contribution < 1.29 is 28.3 Å². The molecular weight excluding hydrogens is 671 g/mol. The van der Waals surface area contributed by atoms with E-state index in [1.807, 2.05) is 24.3 Å². The molecule has 0 aliphatic heterocycles. The van der Waals surface area contributed by atoms with Crippen molar-refractivity contribution in [2.45, 2.75) is 51.6 Å². The number of nitrogens with two attached hydrogens (primary N) is 2. The first-order chi connectivity index (χ1) is 24.3. The molecule has 0 saturated carbocycles. The average Bonchev–Trinajstić information content (AvgIpc) is 3.12. The maximum Gasteiger partial charge on any atom is 0.262 e. The third kappa shape index (κ3) is 10.1. The molecule has 0 aliphatic rings. The minimum absolute atomic E-state index is 0.0540. The lowest BCUT2D eigenvalue weighted by Crippen LogP contribution is -2.36. The number of pyridine rings is 1. The molecule has 7 N–H and O–H groups in total. The minimum Gasteiger partial charge on any atom is -0.439 e. The molecule has 1 aromatic heterocycles. The van der Waals surface area contributed by atoms with E-state index in [4.69, 9.17) is 31.4 Å². The van der Waals surface area contributed by atoms with Crippen molar-refractivity contribution in [2.24, 2.45) is 21.8 Å². The Bertz CT molecular complexity index is 2080. The number of ether oxygens (including phenoxy) is 2. The van der Waals surface area contributed by atoms with E-state index >= 15 is 0 Å². The normalized spacial score (nSPS) is 12.2. The van der Waals surface area contributed by atoms with Crippen molar-refractivity contribution in [2.75, 3.05) is 11.3 Å². The van der Waals surface area contributed by atoms with Gasteiger partial charge in [-0.15, -0.1) is 0 Å². The summed E-state index contributed by atoms with van der Waals surface area (Å²) >= 11 is 0. The van der Waals surface area contributed by atoms with E-state index in [-0.39, 0.29) is 34.0 Å².